The Morgan fingerprint density at radius 3 is 2.68 bits per heavy atom. The molecule has 0 fully saturated rings. The fourth-order valence-electron chi connectivity index (χ4n) is 2.19. The summed E-state index contributed by atoms with van der Waals surface area (Å²) >= 11 is 6.33. The molecule has 2 rings (SSSR count). The molecule has 0 spiro atoms. The Balaban J connectivity index is 2.36. The molecule has 0 aliphatic heterocycles. The summed E-state index contributed by atoms with van der Waals surface area (Å²) in [6.45, 7) is 2.56. The summed E-state index contributed by atoms with van der Waals surface area (Å²) in [5.41, 5.74) is 8.46. The van der Waals surface area contributed by atoms with Gasteiger partial charge >= 0.3 is 0 Å². The number of hydrogen-bond donors (Lipinski definition) is 2. The number of nitrogens with one attached hydrogen (secondary N) is 1. The zero-order valence-corrected chi connectivity index (χ0v) is 13.6. The van der Waals surface area contributed by atoms with Crippen molar-refractivity contribution in [2.24, 2.45) is 0 Å². The number of nitrogens with zero attached hydrogens (tertiary/aromatic N) is 1. The summed E-state index contributed by atoms with van der Waals surface area (Å²) < 4.78 is 10.3. The lowest BCUT2D eigenvalue weighted by atomic mass is 10.0. The van der Waals surface area contributed by atoms with Crippen LogP contribution in [0.15, 0.2) is 30.5 Å². The third-order valence-electron chi connectivity index (χ3n) is 3.26. The van der Waals surface area contributed by atoms with Crippen LogP contribution in [-0.2, 0) is 4.74 Å². The number of hydrogen-bond acceptors (Lipinski definition) is 5. The predicted molar refractivity (Wildman–Crippen MR) is 90.6 cm³/mol. The van der Waals surface area contributed by atoms with Crippen molar-refractivity contribution >= 4 is 23.1 Å². The van der Waals surface area contributed by atoms with Gasteiger partial charge in [0.1, 0.15) is 11.6 Å². The molecule has 0 aliphatic rings. The van der Waals surface area contributed by atoms with Crippen LogP contribution < -0.4 is 15.8 Å². The Morgan fingerprint density at radius 1 is 1.27 bits per heavy atom. The molecular weight excluding hydrogens is 302 g/mol. The fraction of sp³-hybridized carbons (Fsp3) is 0.312. The summed E-state index contributed by atoms with van der Waals surface area (Å²) in [6, 6.07) is 7.44. The Bertz CT molecular complexity index is 649. The van der Waals surface area contributed by atoms with E-state index < -0.39 is 0 Å². The lowest BCUT2D eigenvalue weighted by molar-refractivity contribution is 0.190. The topological polar surface area (TPSA) is 69.4 Å². The number of nitrogens with two attached hydrogens (primary N) is 1. The van der Waals surface area contributed by atoms with Crippen LogP contribution in [0.5, 0.6) is 5.75 Å². The molecule has 5 nitrogen and oxygen atoms in total. The molecule has 1 aromatic heterocycles. The van der Waals surface area contributed by atoms with Gasteiger partial charge in [0.05, 0.1) is 24.4 Å². The van der Waals surface area contributed by atoms with Crippen LogP contribution in [-0.4, -0.2) is 31.9 Å². The maximum absolute atomic E-state index is 6.33. The highest BCUT2D eigenvalue weighted by molar-refractivity contribution is 6.33. The second-order valence-electron chi connectivity index (χ2n) is 4.97. The number of pyridine rings is 1. The largest absolute Gasteiger partial charge is 0.497 e. The standard InChI is InChI=1S/C16H20ClN3O2/c1-10(9-21-2)20-16-15(18)13(6-7-19-16)12-5-4-11(22-3)8-14(12)17/h4-8,10H,9,18H2,1-3H3,(H,19,20). The van der Waals surface area contributed by atoms with E-state index in [1.807, 2.05) is 25.1 Å². The Kier molecular flexibility index (Phi) is 5.46. The molecule has 0 saturated carbocycles. The summed E-state index contributed by atoms with van der Waals surface area (Å²) in [4.78, 5) is 4.29. The highest BCUT2D eigenvalue weighted by atomic mass is 35.5. The number of anilines is 2. The van der Waals surface area contributed by atoms with Crippen molar-refractivity contribution in [2.75, 3.05) is 31.9 Å². The van der Waals surface area contributed by atoms with Crippen molar-refractivity contribution in [2.45, 2.75) is 13.0 Å². The molecule has 1 heterocycles. The lowest BCUT2D eigenvalue weighted by Gasteiger charge is -2.17. The average molecular weight is 322 g/mol. The summed E-state index contributed by atoms with van der Waals surface area (Å²) in [6.07, 6.45) is 1.70. The van der Waals surface area contributed by atoms with Crippen LogP contribution in [0.1, 0.15) is 6.92 Å². The molecule has 2 aromatic rings. The number of halogens is 1. The van der Waals surface area contributed by atoms with Gasteiger partial charge in [0, 0.05) is 30.5 Å². The quantitative estimate of drug-likeness (QED) is 0.853. The third kappa shape index (κ3) is 3.61. The maximum atomic E-state index is 6.33. The van der Waals surface area contributed by atoms with Crippen LogP contribution in [0.25, 0.3) is 11.1 Å². The number of nitrogen functional groups attached to an aromatic ring is 1. The second kappa shape index (κ2) is 7.33. The van der Waals surface area contributed by atoms with E-state index >= 15 is 0 Å². The van der Waals surface area contributed by atoms with Crippen LogP contribution in [0.3, 0.4) is 0 Å². The average Bonchev–Trinajstić information content (AvgIpc) is 2.50. The first-order valence-corrected chi connectivity index (χ1v) is 7.28. The molecule has 0 aliphatic carbocycles. The zero-order chi connectivity index (χ0) is 16.1. The van der Waals surface area contributed by atoms with Crippen molar-refractivity contribution in [1.29, 1.82) is 0 Å². The van der Waals surface area contributed by atoms with Crippen LogP contribution in [0.2, 0.25) is 5.02 Å². The molecule has 22 heavy (non-hydrogen) atoms. The Labute approximate surface area is 135 Å². The fourth-order valence-corrected chi connectivity index (χ4v) is 2.46. The Hall–Kier alpha value is -1.98. The van der Waals surface area contributed by atoms with Gasteiger partial charge in [-0.25, -0.2) is 4.98 Å². The van der Waals surface area contributed by atoms with E-state index in [4.69, 9.17) is 26.8 Å². The van der Waals surface area contributed by atoms with Crippen molar-refractivity contribution in [1.82, 2.24) is 4.98 Å². The number of ether oxygens (including phenoxy) is 2. The minimum absolute atomic E-state index is 0.0985. The van der Waals surface area contributed by atoms with Gasteiger partial charge < -0.3 is 20.5 Å². The van der Waals surface area contributed by atoms with Gasteiger partial charge in [0.15, 0.2) is 0 Å². The predicted octanol–water partition coefficient (Wildman–Crippen LogP) is 3.44. The molecule has 1 atom stereocenters. The van der Waals surface area contributed by atoms with E-state index in [0.29, 0.717) is 28.9 Å². The molecule has 0 bridgehead atoms. The van der Waals surface area contributed by atoms with Crippen molar-refractivity contribution < 1.29 is 9.47 Å². The van der Waals surface area contributed by atoms with E-state index in [9.17, 15) is 0 Å². The van der Waals surface area contributed by atoms with Crippen molar-refractivity contribution in [3.8, 4) is 16.9 Å². The minimum Gasteiger partial charge on any atom is -0.497 e. The molecule has 1 unspecified atom stereocenters. The van der Waals surface area contributed by atoms with E-state index in [0.717, 1.165) is 11.1 Å². The number of rotatable bonds is 6. The highest BCUT2D eigenvalue weighted by Gasteiger charge is 2.13. The van der Waals surface area contributed by atoms with Gasteiger partial charge in [-0.2, -0.15) is 0 Å². The van der Waals surface area contributed by atoms with E-state index in [-0.39, 0.29) is 6.04 Å². The van der Waals surface area contributed by atoms with Gasteiger partial charge in [-0.05, 0) is 31.2 Å². The first kappa shape index (κ1) is 16.4. The molecule has 3 N–H and O–H groups in total. The monoisotopic (exact) mass is 321 g/mol. The van der Waals surface area contributed by atoms with E-state index in [1.165, 1.54) is 0 Å². The maximum Gasteiger partial charge on any atom is 0.150 e. The van der Waals surface area contributed by atoms with E-state index in [1.54, 1.807) is 26.5 Å². The van der Waals surface area contributed by atoms with Gasteiger partial charge in [-0.15, -0.1) is 0 Å². The third-order valence-corrected chi connectivity index (χ3v) is 3.57. The molecule has 118 valence electrons. The number of benzene rings is 1. The molecule has 0 radical (unpaired) electrons. The number of methoxy groups -OCH3 is 2. The number of aromatic nitrogens is 1. The summed E-state index contributed by atoms with van der Waals surface area (Å²) in [5, 5.41) is 3.81. The zero-order valence-electron chi connectivity index (χ0n) is 12.9. The van der Waals surface area contributed by atoms with Gasteiger partial charge in [0.2, 0.25) is 0 Å². The van der Waals surface area contributed by atoms with Gasteiger partial charge in [0.25, 0.3) is 0 Å². The molecular formula is C16H20ClN3O2. The normalized spacial score (nSPS) is 12.0. The molecule has 0 amide bonds. The molecule has 1 aromatic carbocycles. The van der Waals surface area contributed by atoms with Crippen LogP contribution in [0, 0.1) is 0 Å². The van der Waals surface area contributed by atoms with Crippen LogP contribution >= 0.6 is 11.6 Å². The lowest BCUT2D eigenvalue weighted by Crippen LogP contribution is -2.22. The molecule has 0 saturated heterocycles. The van der Waals surface area contributed by atoms with Gasteiger partial charge in [-0.3, -0.25) is 0 Å². The Morgan fingerprint density at radius 2 is 2.05 bits per heavy atom. The SMILES string of the molecule is COCC(C)Nc1nccc(-c2ccc(OC)cc2Cl)c1N. The van der Waals surface area contributed by atoms with Crippen LogP contribution in [0.4, 0.5) is 11.5 Å². The highest BCUT2D eigenvalue weighted by Crippen LogP contribution is 2.36. The second-order valence-corrected chi connectivity index (χ2v) is 5.37. The first-order chi connectivity index (χ1) is 10.6. The summed E-state index contributed by atoms with van der Waals surface area (Å²) in [7, 11) is 3.26. The molecule has 6 heteroatoms. The van der Waals surface area contributed by atoms with Crippen molar-refractivity contribution in [3.05, 3.63) is 35.5 Å². The van der Waals surface area contributed by atoms with E-state index in [2.05, 4.69) is 10.3 Å². The minimum atomic E-state index is 0.0985. The first-order valence-electron chi connectivity index (χ1n) is 6.90. The summed E-state index contributed by atoms with van der Waals surface area (Å²) in [5.74, 6) is 1.32. The van der Waals surface area contributed by atoms with Crippen molar-refractivity contribution in [3.63, 3.8) is 0 Å². The van der Waals surface area contributed by atoms with Gasteiger partial charge in [-0.1, -0.05) is 11.6 Å². The smallest absolute Gasteiger partial charge is 0.150 e.